The second-order valence-electron chi connectivity index (χ2n) is 7.13. The minimum Gasteiger partial charge on any atom is -0.493 e. The Labute approximate surface area is 166 Å². The molecule has 0 aliphatic carbocycles. The van der Waals surface area contributed by atoms with Crippen LogP contribution in [0.25, 0.3) is 0 Å². The Morgan fingerprint density at radius 2 is 1.90 bits per heavy atom. The lowest BCUT2D eigenvalue weighted by Crippen LogP contribution is -2.58. The molecule has 3 rings (SSSR count). The van der Waals surface area contributed by atoms with Gasteiger partial charge in [0.05, 0.1) is 33.0 Å². The lowest BCUT2D eigenvalue weighted by atomic mass is 10.1. The average molecular weight is 411 g/mol. The van der Waals surface area contributed by atoms with Crippen LogP contribution in [-0.4, -0.2) is 73.3 Å². The highest BCUT2D eigenvalue weighted by atomic mass is 19.3. The van der Waals surface area contributed by atoms with Crippen LogP contribution in [0.3, 0.4) is 0 Å². The molecule has 1 unspecified atom stereocenters. The molecule has 158 valence electrons. The molecule has 8 nitrogen and oxygen atoms in total. The Kier molecular flexibility index (Phi) is 5.63. The van der Waals surface area contributed by atoms with Gasteiger partial charge in [-0.25, -0.2) is 8.78 Å². The van der Waals surface area contributed by atoms with E-state index in [1.54, 1.807) is 6.92 Å². The second kappa shape index (κ2) is 7.84. The molecule has 0 spiro atoms. The normalized spacial score (nSPS) is 18.9. The van der Waals surface area contributed by atoms with Crippen LogP contribution in [0.4, 0.5) is 14.5 Å². The van der Waals surface area contributed by atoms with Gasteiger partial charge in [-0.2, -0.15) is 0 Å². The number of hydrogen-bond acceptors (Lipinski definition) is 5. The summed E-state index contributed by atoms with van der Waals surface area (Å²) in [5.74, 6) is -3.69. The SMILES string of the molecule is COc1cc(C(=O)N2CC(F)(F)C2)cc(NC(=O)C(C)N2CCCC2=O)c1OC. The van der Waals surface area contributed by atoms with Gasteiger partial charge >= 0.3 is 0 Å². The fourth-order valence-corrected chi connectivity index (χ4v) is 3.48. The number of nitrogens with one attached hydrogen (secondary N) is 1. The summed E-state index contributed by atoms with van der Waals surface area (Å²) in [5, 5.41) is 2.66. The molecule has 0 saturated carbocycles. The molecular formula is C19H23F2N3O5. The van der Waals surface area contributed by atoms with Gasteiger partial charge in [0, 0.05) is 18.5 Å². The molecule has 0 aromatic heterocycles. The number of hydrogen-bond donors (Lipinski definition) is 1. The third-order valence-corrected chi connectivity index (χ3v) is 5.07. The summed E-state index contributed by atoms with van der Waals surface area (Å²) < 4.78 is 36.8. The summed E-state index contributed by atoms with van der Waals surface area (Å²) in [6.45, 7) is 0.793. The summed E-state index contributed by atoms with van der Waals surface area (Å²) in [6, 6.07) is 2.02. The number of benzene rings is 1. The van der Waals surface area contributed by atoms with Crippen LogP contribution in [-0.2, 0) is 9.59 Å². The number of carbonyl (C=O) groups excluding carboxylic acids is 3. The lowest BCUT2D eigenvalue weighted by Gasteiger charge is -2.38. The molecule has 2 saturated heterocycles. The van der Waals surface area contributed by atoms with Crippen LogP contribution in [0.2, 0.25) is 0 Å². The van der Waals surface area contributed by atoms with Crippen LogP contribution < -0.4 is 14.8 Å². The van der Waals surface area contributed by atoms with Gasteiger partial charge in [0.2, 0.25) is 11.8 Å². The van der Waals surface area contributed by atoms with Crippen molar-refractivity contribution in [2.75, 3.05) is 39.2 Å². The van der Waals surface area contributed by atoms with Crippen molar-refractivity contribution in [2.24, 2.45) is 0 Å². The van der Waals surface area contributed by atoms with Gasteiger partial charge in [-0.3, -0.25) is 14.4 Å². The van der Waals surface area contributed by atoms with Crippen molar-refractivity contribution >= 4 is 23.4 Å². The molecule has 1 N–H and O–H groups in total. The number of methoxy groups -OCH3 is 2. The van der Waals surface area contributed by atoms with E-state index in [1.165, 1.54) is 31.3 Å². The topological polar surface area (TPSA) is 88.2 Å². The predicted octanol–water partition coefficient (Wildman–Crippen LogP) is 1.74. The highest BCUT2D eigenvalue weighted by Crippen LogP contribution is 2.38. The number of nitrogens with zero attached hydrogens (tertiary/aromatic N) is 2. The molecule has 0 bridgehead atoms. The number of amides is 3. The van der Waals surface area contributed by atoms with E-state index < -0.39 is 36.9 Å². The predicted molar refractivity (Wildman–Crippen MR) is 99.4 cm³/mol. The van der Waals surface area contributed by atoms with Crippen molar-refractivity contribution < 1.29 is 32.6 Å². The highest BCUT2D eigenvalue weighted by molar-refractivity contribution is 6.02. The molecular weight excluding hydrogens is 388 g/mol. The Morgan fingerprint density at radius 3 is 2.41 bits per heavy atom. The molecule has 0 radical (unpaired) electrons. The van der Waals surface area contributed by atoms with Gasteiger partial charge in [0.25, 0.3) is 11.8 Å². The number of ether oxygens (including phenoxy) is 2. The number of rotatable bonds is 6. The van der Waals surface area contributed by atoms with E-state index in [-0.39, 0.29) is 28.7 Å². The second-order valence-corrected chi connectivity index (χ2v) is 7.13. The van der Waals surface area contributed by atoms with Gasteiger partial charge in [-0.05, 0) is 25.5 Å². The Morgan fingerprint density at radius 1 is 1.21 bits per heavy atom. The molecule has 2 heterocycles. The summed E-state index contributed by atoms with van der Waals surface area (Å²) in [5.41, 5.74) is 0.240. The highest BCUT2D eigenvalue weighted by Gasteiger charge is 2.46. The standard InChI is InChI=1S/C19H23F2N3O5/c1-11(24-6-4-5-15(24)25)17(26)22-13-7-12(8-14(28-2)16(13)29-3)18(27)23-9-19(20,21)10-23/h7-8,11H,4-6,9-10H2,1-3H3,(H,22,26). The van der Waals surface area contributed by atoms with Crippen molar-refractivity contribution in [3.05, 3.63) is 17.7 Å². The molecule has 2 aliphatic rings. The third kappa shape index (κ3) is 4.10. The summed E-state index contributed by atoms with van der Waals surface area (Å²) >= 11 is 0. The maximum atomic E-state index is 13.1. The van der Waals surface area contributed by atoms with Crippen LogP contribution in [0, 0.1) is 0 Å². The first-order chi connectivity index (χ1) is 13.7. The molecule has 1 aromatic carbocycles. The van der Waals surface area contributed by atoms with E-state index in [0.29, 0.717) is 19.4 Å². The van der Waals surface area contributed by atoms with Crippen molar-refractivity contribution in [3.8, 4) is 11.5 Å². The van der Waals surface area contributed by atoms with E-state index in [4.69, 9.17) is 9.47 Å². The largest absolute Gasteiger partial charge is 0.493 e. The van der Waals surface area contributed by atoms with E-state index in [1.807, 2.05) is 0 Å². The maximum absolute atomic E-state index is 13.1. The smallest absolute Gasteiger partial charge is 0.282 e. The minimum absolute atomic E-state index is 0.0818. The molecule has 2 aliphatic heterocycles. The fourth-order valence-electron chi connectivity index (χ4n) is 3.48. The molecule has 3 amide bonds. The van der Waals surface area contributed by atoms with Gasteiger partial charge in [0.1, 0.15) is 6.04 Å². The van der Waals surface area contributed by atoms with E-state index in [9.17, 15) is 23.2 Å². The first-order valence-electron chi connectivity index (χ1n) is 9.20. The van der Waals surface area contributed by atoms with E-state index in [2.05, 4.69) is 5.32 Å². The third-order valence-electron chi connectivity index (χ3n) is 5.07. The van der Waals surface area contributed by atoms with Gasteiger partial charge < -0.3 is 24.6 Å². The first-order valence-corrected chi connectivity index (χ1v) is 9.20. The molecule has 1 atom stereocenters. The van der Waals surface area contributed by atoms with Gasteiger partial charge in [0.15, 0.2) is 11.5 Å². The maximum Gasteiger partial charge on any atom is 0.282 e. The number of likely N-dealkylation sites (tertiary alicyclic amines) is 2. The fraction of sp³-hybridized carbons (Fsp3) is 0.526. The zero-order valence-electron chi connectivity index (χ0n) is 16.5. The van der Waals surface area contributed by atoms with Crippen molar-refractivity contribution in [1.82, 2.24) is 9.80 Å². The van der Waals surface area contributed by atoms with Crippen molar-refractivity contribution in [2.45, 2.75) is 31.7 Å². The molecule has 1 aromatic rings. The summed E-state index contributed by atoms with van der Waals surface area (Å²) in [6.07, 6.45) is 1.09. The number of anilines is 1. The molecule has 2 fully saturated rings. The lowest BCUT2D eigenvalue weighted by molar-refractivity contribution is -0.134. The number of halogens is 2. The number of carbonyl (C=O) groups is 3. The van der Waals surface area contributed by atoms with E-state index in [0.717, 1.165) is 4.90 Å². The Hall–Kier alpha value is -2.91. The Balaban J connectivity index is 1.85. The quantitative estimate of drug-likeness (QED) is 0.771. The van der Waals surface area contributed by atoms with Gasteiger partial charge in [-0.15, -0.1) is 0 Å². The first kappa shape index (κ1) is 20.8. The molecule has 29 heavy (non-hydrogen) atoms. The van der Waals surface area contributed by atoms with Crippen molar-refractivity contribution in [1.29, 1.82) is 0 Å². The van der Waals surface area contributed by atoms with Gasteiger partial charge in [-0.1, -0.05) is 0 Å². The minimum atomic E-state index is -2.89. The van der Waals surface area contributed by atoms with Crippen LogP contribution >= 0.6 is 0 Å². The average Bonchev–Trinajstić information content (AvgIpc) is 3.09. The summed E-state index contributed by atoms with van der Waals surface area (Å²) in [7, 11) is 2.74. The zero-order chi connectivity index (χ0) is 21.3. The number of alkyl halides is 2. The molecule has 10 heteroatoms. The summed E-state index contributed by atoms with van der Waals surface area (Å²) in [4.78, 5) is 39.6. The van der Waals surface area contributed by atoms with Crippen molar-refractivity contribution in [3.63, 3.8) is 0 Å². The van der Waals surface area contributed by atoms with Crippen LogP contribution in [0.5, 0.6) is 11.5 Å². The van der Waals surface area contributed by atoms with E-state index >= 15 is 0 Å². The monoisotopic (exact) mass is 411 g/mol. The Bertz CT molecular complexity index is 837. The zero-order valence-corrected chi connectivity index (χ0v) is 16.5. The van der Waals surface area contributed by atoms with Crippen LogP contribution in [0.15, 0.2) is 12.1 Å². The van der Waals surface area contributed by atoms with Crippen LogP contribution in [0.1, 0.15) is 30.1 Å².